The molecule has 0 amide bonds. The molecule has 0 N–H and O–H groups in total. The largest absolute Gasteiger partial charge is 0.256 e. The van der Waals surface area contributed by atoms with Crippen LogP contribution < -0.4 is 0 Å². The summed E-state index contributed by atoms with van der Waals surface area (Å²) < 4.78 is 0. The van der Waals surface area contributed by atoms with Gasteiger partial charge in [-0.2, -0.15) is 0 Å². The number of nitrogens with zero attached hydrogens (tertiary/aromatic N) is 4. The van der Waals surface area contributed by atoms with Crippen LogP contribution in [-0.4, -0.2) is 19.9 Å². The van der Waals surface area contributed by atoms with Gasteiger partial charge >= 0.3 is 0 Å². The van der Waals surface area contributed by atoms with E-state index in [0.29, 0.717) is 0 Å². The zero-order valence-corrected chi connectivity index (χ0v) is 27.5. The molecule has 4 nitrogen and oxygen atoms in total. The van der Waals surface area contributed by atoms with Gasteiger partial charge in [0, 0.05) is 41.5 Å². The second-order valence-electron chi connectivity index (χ2n) is 12.3. The number of rotatable bonds is 5. The van der Waals surface area contributed by atoms with Crippen LogP contribution in [0.15, 0.2) is 159 Å². The normalized spacial score (nSPS) is 11.1. The highest BCUT2D eigenvalue weighted by Crippen LogP contribution is 2.43. The minimum absolute atomic E-state index is 0.940. The molecule has 4 heteroatoms. The summed E-state index contributed by atoms with van der Waals surface area (Å²) in [4.78, 5) is 17.7. The van der Waals surface area contributed by atoms with Crippen molar-refractivity contribution in [3.8, 4) is 55.9 Å². The Kier molecular flexibility index (Phi) is 8.04. The van der Waals surface area contributed by atoms with Crippen LogP contribution in [0.1, 0.15) is 20.3 Å². The maximum atomic E-state index is 4.68. The van der Waals surface area contributed by atoms with Crippen LogP contribution in [0.3, 0.4) is 0 Å². The van der Waals surface area contributed by atoms with E-state index in [0.717, 1.165) is 39.2 Å². The number of pyridine rings is 2. The smallest absolute Gasteiger partial charge is 0.115 e. The Bertz CT molecular complexity index is 2450. The van der Waals surface area contributed by atoms with Gasteiger partial charge in [-0.1, -0.05) is 105 Å². The summed E-state index contributed by atoms with van der Waals surface area (Å²) in [6, 6.07) is 45.6. The van der Waals surface area contributed by atoms with Crippen LogP contribution in [0.4, 0.5) is 0 Å². The lowest BCUT2D eigenvalue weighted by atomic mass is 9.86. The summed E-state index contributed by atoms with van der Waals surface area (Å²) in [7, 11) is 0. The highest BCUT2D eigenvalue weighted by molar-refractivity contribution is 6.27. The lowest BCUT2D eigenvalue weighted by Crippen LogP contribution is -1.92. The zero-order chi connectivity index (χ0) is 33.2. The number of hydrogen-bond acceptors (Lipinski definition) is 4. The lowest BCUT2D eigenvalue weighted by molar-refractivity contribution is 1.09. The first-order valence-electron chi connectivity index (χ1n) is 16.8. The lowest BCUT2D eigenvalue weighted by Gasteiger charge is -2.17. The van der Waals surface area contributed by atoms with Crippen molar-refractivity contribution >= 4 is 32.3 Å². The second-order valence-corrected chi connectivity index (χ2v) is 12.3. The zero-order valence-electron chi connectivity index (χ0n) is 27.5. The predicted molar refractivity (Wildman–Crippen MR) is 204 cm³/mol. The van der Waals surface area contributed by atoms with E-state index < -0.39 is 0 Å². The Morgan fingerprint density at radius 2 is 0.898 bits per heavy atom. The van der Waals surface area contributed by atoms with Crippen LogP contribution in [-0.2, 0) is 0 Å². The fourth-order valence-corrected chi connectivity index (χ4v) is 6.74. The van der Waals surface area contributed by atoms with E-state index in [2.05, 4.69) is 137 Å². The molecule has 0 aliphatic rings. The molecule has 0 radical (unpaired) electrons. The van der Waals surface area contributed by atoms with Crippen molar-refractivity contribution in [2.45, 2.75) is 20.3 Å². The molecule has 0 fully saturated rings. The molecule has 234 valence electrons. The standard InChI is InChI=1S/C42H26N4.C3H8/c1-3-19-45-39(5-1)32-21-31(22-33(23-32)40-6-2-4-20-46-40)36-16-14-30-12-11-29-13-15-35(37-17-18-38(36)42(30)41(29)37)28-9-7-27(8-10-28)34-24-43-26-44-25-34;1-3-2/h1-26H;3H2,1-2H3. The SMILES string of the molecule is CCC.c1ccc(-c2cc(-c3ccccn3)cc(-c3ccc4ccc5ccc(-c6ccc(-c7cncnc7)cc6)c6ccc3c4c56)c2)nc1. The molecule has 0 bridgehead atoms. The van der Waals surface area contributed by atoms with Crippen molar-refractivity contribution in [1.82, 2.24) is 19.9 Å². The van der Waals surface area contributed by atoms with Crippen LogP contribution in [0.5, 0.6) is 0 Å². The molecule has 9 aromatic rings. The average molecular weight is 631 g/mol. The first kappa shape index (κ1) is 30.1. The van der Waals surface area contributed by atoms with Crippen molar-refractivity contribution < 1.29 is 0 Å². The van der Waals surface area contributed by atoms with E-state index in [4.69, 9.17) is 0 Å². The Labute approximate surface area is 286 Å². The van der Waals surface area contributed by atoms with E-state index in [-0.39, 0.29) is 0 Å². The van der Waals surface area contributed by atoms with Crippen molar-refractivity contribution in [1.29, 1.82) is 0 Å². The molecule has 0 atom stereocenters. The molecular weight excluding hydrogens is 597 g/mol. The molecule has 0 unspecified atom stereocenters. The van der Waals surface area contributed by atoms with Gasteiger partial charge in [0.2, 0.25) is 0 Å². The van der Waals surface area contributed by atoms with Crippen molar-refractivity contribution in [3.05, 3.63) is 159 Å². The van der Waals surface area contributed by atoms with Crippen molar-refractivity contribution in [3.63, 3.8) is 0 Å². The average Bonchev–Trinajstić information content (AvgIpc) is 3.18. The van der Waals surface area contributed by atoms with Gasteiger partial charge in [-0.25, -0.2) is 9.97 Å². The summed E-state index contributed by atoms with van der Waals surface area (Å²) in [5, 5.41) is 7.54. The Balaban J connectivity index is 0.00000112. The molecule has 3 heterocycles. The van der Waals surface area contributed by atoms with Crippen LogP contribution in [0.2, 0.25) is 0 Å². The van der Waals surface area contributed by atoms with Crippen molar-refractivity contribution in [2.75, 3.05) is 0 Å². The highest BCUT2D eigenvalue weighted by atomic mass is 14.8. The first-order chi connectivity index (χ1) is 24.2. The summed E-state index contributed by atoms with van der Waals surface area (Å²) in [6.07, 6.45) is 10.2. The van der Waals surface area contributed by atoms with Gasteiger partial charge in [0.05, 0.1) is 11.4 Å². The molecule has 3 aromatic heterocycles. The minimum Gasteiger partial charge on any atom is -0.256 e. The van der Waals surface area contributed by atoms with E-state index in [1.807, 2.05) is 49.1 Å². The van der Waals surface area contributed by atoms with E-state index in [9.17, 15) is 0 Å². The van der Waals surface area contributed by atoms with Gasteiger partial charge in [-0.3, -0.25) is 9.97 Å². The fraction of sp³-hybridized carbons (Fsp3) is 0.0667. The molecular formula is C45H34N4. The topological polar surface area (TPSA) is 51.6 Å². The van der Waals surface area contributed by atoms with E-state index in [1.165, 1.54) is 55.4 Å². The van der Waals surface area contributed by atoms with Gasteiger partial charge in [0.25, 0.3) is 0 Å². The van der Waals surface area contributed by atoms with Gasteiger partial charge in [0.1, 0.15) is 6.33 Å². The van der Waals surface area contributed by atoms with Gasteiger partial charge in [-0.15, -0.1) is 0 Å². The van der Waals surface area contributed by atoms with Gasteiger partial charge < -0.3 is 0 Å². The van der Waals surface area contributed by atoms with Crippen LogP contribution in [0.25, 0.3) is 88.2 Å². The van der Waals surface area contributed by atoms with Gasteiger partial charge in [-0.05, 0) is 103 Å². The molecule has 0 spiro atoms. The number of benzene rings is 6. The van der Waals surface area contributed by atoms with E-state index in [1.54, 1.807) is 6.33 Å². The maximum absolute atomic E-state index is 4.68. The van der Waals surface area contributed by atoms with Crippen molar-refractivity contribution in [2.24, 2.45) is 0 Å². The first-order valence-corrected chi connectivity index (χ1v) is 16.8. The number of aromatic nitrogens is 4. The third kappa shape index (κ3) is 5.68. The quantitative estimate of drug-likeness (QED) is 0.178. The molecule has 49 heavy (non-hydrogen) atoms. The third-order valence-corrected chi connectivity index (χ3v) is 8.92. The number of hydrogen-bond donors (Lipinski definition) is 0. The summed E-state index contributed by atoms with van der Waals surface area (Å²) in [5.41, 5.74) is 10.9. The summed E-state index contributed by atoms with van der Waals surface area (Å²) in [5.74, 6) is 0. The van der Waals surface area contributed by atoms with E-state index >= 15 is 0 Å². The maximum Gasteiger partial charge on any atom is 0.115 e. The Hall–Kier alpha value is -6.26. The predicted octanol–water partition coefficient (Wildman–Crippen LogP) is 11.9. The molecule has 0 saturated heterocycles. The summed E-state index contributed by atoms with van der Waals surface area (Å²) in [6.45, 7) is 4.25. The monoisotopic (exact) mass is 630 g/mol. The van der Waals surface area contributed by atoms with Gasteiger partial charge in [0.15, 0.2) is 0 Å². The summed E-state index contributed by atoms with van der Waals surface area (Å²) >= 11 is 0. The minimum atomic E-state index is 0.940. The molecule has 0 aliphatic carbocycles. The molecule has 6 aromatic carbocycles. The fourth-order valence-electron chi connectivity index (χ4n) is 6.74. The Morgan fingerprint density at radius 1 is 0.429 bits per heavy atom. The molecule has 0 saturated carbocycles. The highest BCUT2D eigenvalue weighted by Gasteiger charge is 2.16. The second kappa shape index (κ2) is 13.1. The van der Waals surface area contributed by atoms with Crippen LogP contribution in [0, 0.1) is 0 Å². The molecule has 9 rings (SSSR count). The molecule has 0 aliphatic heterocycles. The Morgan fingerprint density at radius 3 is 1.41 bits per heavy atom. The van der Waals surface area contributed by atoms with Crippen LogP contribution >= 0.6 is 0 Å². The third-order valence-electron chi connectivity index (χ3n) is 8.92.